The molecular formula is C15H19ClFNO2. The highest BCUT2D eigenvalue weighted by Gasteiger charge is 2.35. The first-order valence-electron chi connectivity index (χ1n) is 6.71. The van der Waals surface area contributed by atoms with Crippen LogP contribution in [0.15, 0.2) is 18.2 Å². The summed E-state index contributed by atoms with van der Waals surface area (Å²) in [6.45, 7) is 6.53. The highest BCUT2D eigenvalue weighted by atomic mass is 35.5. The van der Waals surface area contributed by atoms with Gasteiger partial charge in [-0.05, 0) is 37.6 Å². The van der Waals surface area contributed by atoms with Gasteiger partial charge < -0.3 is 4.74 Å². The summed E-state index contributed by atoms with van der Waals surface area (Å²) >= 11 is 6.02. The third-order valence-corrected chi connectivity index (χ3v) is 4.21. The number of carbonyl (C=O) groups is 1. The van der Waals surface area contributed by atoms with Crippen molar-refractivity contribution in [1.29, 1.82) is 0 Å². The molecule has 0 aromatic heterocycles. The van der Waals surface area contributed by atoms with E-state index in [1.807, 2.05) is 13.8 Å². The first-order valence-corrected chi connectivity index (χ1v) is 7.09. The maximum absolute atomic E-state index is 13.3. The first kappa shape index (κ1) is 15.4. The minimum Gasteiger partial charge on any atom is -0.379 e. The molecule has 20 heavy (non-hydrogen) atoms. The van der Waals surface area contributed by atoms with Crippen molar-refractivity contribution in [3.05, 3.63) is 34.6 Å². The van der Waals surface area contributed by atoms with Gasteiger partial charge in [-0.3, -0.25) is 9.69 Å². The number of hydrogen-bond donors (Lipinski definition) is 0. The van der Waals surface area contributed by atoms with Crippen LogP contribution in [-0.4, -0.2) is 42.5 Å². The van der Waals surface area contributed by atoms with E-state index in [4.69, 9.17) is 16.3 Å². The highest BCUT2D eigenvalue weighted by Crippen LogP contribution is 2.23. The van der Waals surface area contributed by atoms with Crippen LogP contribution in [0, 0.1) is 5.82 Å². The van der Waals surface area contributed by atoms with Crippen molar-refractivity contribution in [1.82, 2.24) is 4.90 Å². The number of benzene rings is 1. The predicted octanol–water partition coefficient (Wildman–Crippen LogP) is 2.70. The Labute approximate surface area is 123 Å². The first-order chi connectivity index (χ1) is 9.41. The zero-order chi connectivity index (χ0) is 14.8. The van der Waals surface area contributed by atoms with Gasteiger partial charge in [0.15, 0.2) is 5.78 Å². The molecule has 0 bridgehead atoms. The van der Waals surface area contributed by atoms with Crippen LogP contribution in [0.3, 0.4) is 0 Å². The molecule has 0 amide bonds. The summed E-state index contributed by atoms with van der Waals surface area (Å²) in [5.74, 6) is -0.340. The topological polar surface area (TPSA) is 29.5 Å². The Morgan fingerprint density at radius 2 is 2.05 bits per heavy atom. The summed E-state index contributed by atoms with van der Waals surface area (Å²) in [6.07, 6.45) is 0.140. The van der Waals surface area contributed by atoms with Gasteiger partial charge >= 0.3 is 0 Å². The number of morpholine rings is 1. The lowest BCUT2D eigenvalue weighted by molar-refractivity contribution is -0.131. The third kappa shape index (κ3) is 3.37. The Hall–Kier alpha value is -0.970. The fraction of sp³-hybridized carbons (Fsp3) is 0.533. The highest BCUT2D eigenvalue weighted by molar-refractivity contribution is 6.31. The predicted molar refractivity (Wildman–Crippen MR) is 76.6 cm³/mol. The van der Waals surface area contributed by atoms with E-state index in [0.717, 1.165) is 13.1 Å². The van der Waals surface area contributed by atoms with Gasteiger partial charge in [0, 0.05) is 24.5 Å². The normalized spacial score (nSPS) is 17.2. The van der Waals surface area contributed by atoms with Crippen molar-refractivity contribution in [2.24, 2.45) is 0 Å². The number of halogens is 2. The van der Waals surface area contributed by atoms with Crippen LogP contribution >= 0.6 is 11.6 Å². The van der Waals surface area contributed by atoms with Crippen molar-refractivity contribution in [3.8, 4) is 0 Å². The summed E-state index contributed by atoms with van der Waals surface area (Å²) in [5, 5.41) is 0.428. The summed E-state index contributed by atoms with van der Waals surface area (Å²) in [7, 11) is 0. The summed E-state index contributed by atoms with van der Waals surface area (Å²) in [5.41, 5.74) is -0.0580. The maximum Gasteiger partial charge on any atom is 0.156 e. The molecule has 1 saturated heterocycles. The third-order valence-electron chi connectivity index (χ3n) is 3.84. The number of ketones is 1. The van der Waals surface area contributed by atoms with E-state index in [0.29, 0.717) is 23.8 Å². The average Bonchev–Trinajstić information content (AvgIpc) is 2.43. The lowest BCUT2D eigenvalue weighted by Crippen LogP contribution is -2.54. The number of carbonyl (C=O) groups excluding carboxylic acids is 1. The molecule has 0 spiro atoms. The molecule has 0 aliphatic carbocycles. The van der Waals surface area contributed by atoms with Gasteiger partial charge in [-0.25, -0.2) is 4.39 Å². The van der Waals surface area contributed by atoms with E-state index < -0.39 is 5.54 Å². The second kappa shape index (κ2) is 6.20. The van der Waals surface area contributed by atoms with E-state index >= 15 is 0 Å². The second-order valence-corrected chi connectivity index (χ2v) is 5.90. The maximum atomic E-state index is 13.3. The molecule has 0 saturated carbocycles. The Morgan fingerprint density at radius 1 is 1.40 bits per heavy atom. The molecule has 110 valence electrons. The Kier molecular flexibility index (Phi) is 4.78. The number of hydrogen-bond acceptors (Lipinski definition) is 3. The molecule has 5 heteroatoms. The van der Waals surface area contributed by atoms with Gasteiger partial charge in [0.2, 0.25) is 0 Å². The molecule has 1 aliphatic heterocycles. The lowest BCUT2D eigenvalue weighted by Gasteiger charge is -2.39. The molecule has 1 aromatic rings. The van der Waals surface area contributed by atoms with Gasteiger partial charge in [-0.1, -0.05) is 11.6 Å². The smallest absolute Gasteiger partial charge is 0.156 e. The molecule has 0 atom stereocenters. The van der Waals surface area contributed by atoms with E-state index in [9.17, 15) is 9.18 Å². The van der Waals surface area contributed by atoms with E-state index in [2.05, 4.69) is 4.90 Å². The van der Waals surface area contributed by atoms with Crippen LogP contribution in [0.1, 0.15) is 19.4 Å². The van der Waals surface area contributed by atoms with Crippen LogP contribution in [0.25, 0.3) is 0 Å². The van der Waals surface area contributed by atoms with Crippen LogP contribution in [-0.2, 0) is 16.0 Å². The number of Topliss-reactive ketones (excluding diaryl/α,β-unsaturated/α-hetero) is 1. The molecule has 3 nitrogen and oxygen atoms in total. The minimum absolute atomic E-state index is 0.0342. The fourth-order valence-electron chi connectivity index (χ4n) is 2.37. The summed E-state index contributed by atoms with van der Waals surface area (Å²) in [6, 6.07) is 4.11. The van der Waals surface area contributed by atoms with Gasteiger partial charge in [0.05, 0.1) is 18.8 Å². The van der Waals surface area contributed by atoms with Crippen molar-refractivity contribution >= 4 is 17.4 Å². The van der Waals surface area contributed by atoms with Crippen molar-refractivity contribution in [3.63, 3.8) is 0 Å². The lowest BCUT2D eigenvalue weighted by atomic mass is 9.91. The molecule has 0 radical (unpaired) electrons. The second-order valence-electron chi connectivity index (χ2n) is 5.49. The van der Waals surface area contributed by atoms with Crippen LogP contribution in [0.2, 0.25) is 5.02 Å². The summed E-state index contributed by atoms with van der Waals surface area (Å²) in [4.78, 5) is 14.6. The summed E-state index contributed by atoms with van der Waals surface area (Å²) < 4.78 is 18.6. The molecule has 2 rings (SSSR count). The van der Waals surface area contributed by atoms with Crippen molar-refractivity contribution < 1.29 is 13.9 Å². The Bertz CT molecular complexity index is 499. The van der Waals surface area contributed by atoms with Crippen molar-refractivity contribution in [2.45, 2.75) is 25.8 Å². The molecule has 1 aliphatic rings. The quantitative estimate of drug-likeness (QED) is 0.856. The largest absolute Gasteiger partial charge is 0.379 e. The van der Waals surface area contributed by atoms with Crippen molar-refractivity contribution in [2.75, 3.05) is 26.3 Å². The Balaban J connectivity index is 2.11. The van der Waals surface area contributed by atoms with E-state index in [1.165, 1.54) is 18.2 Å². The number of nitrogens with zero attached hydrogens (tertiary/aromatic N) is 1. The molecular weight excluding hydrogens is 281 g/mol. The van der Waals surface area contributed by atoms with E-state index in [1.54, 1.807) is 0 Å². The molecule has 1 heterocycles. The van der Waals surface area contributed by atoms with Crippen LogP contribution in [0.4, 0.5) is 4.39 Å². The van der Waals surface area contributed by atoms with Crippen LogP contribution in [0.5, 0.6) is 0 Å². The van der Waals surface area contributed by atoms with Crippen LogP contribution < -0.4 is 0 Å². The van der Waals surface area contributed by atoms with Gasteiger partial charge in [-0.2, -0.15) is 0 Å². The molecule has 0 unspecified atom stereocenters. The zero-order valence-corrected chi connectivity index (χ0v) is 12.5. The number of rotatable bonds is 4. The Morgan fingerprint density at radius 3 is 2.70 bits per heavy atom. The monoisotopic (exact) mass is 299 g/mol. The van der Waals surface area contributed by atoms with Gasteiger partial charge in [-0.15, -0.1) is 0 Å². The SMILES string of the molecule is CC(C)(C(=O)Cc1cc(F)ccc1Cl)N1CCOCC1. The number of ether oxygens (including phenoxy) is 1. The minimum atomic E-state index is -0.598. The molecule has 0 N–H and O–H groups in total. The fourth-order valence-corrected chi connectivity index (χ4v) is 2.55. The molecule has 1 aromatic carbocycles. The zero-order valence-electron chi connectivity index (χ0n) is 11.8. The average molecular weight is 300 g/mol. The van der Waals surface area contributed by atoms with E-state index in [-0.39, 0.29) is 18.0 Å². The standard InChI is InChI=1S/C15H19ClFNO2/c1-15(2,18-5-7-20-8-6-18)14(19)10-11-9-12(17)3-4-13(11)16/h3-4,9H,5-8,10H2,1-2H3. The molecule has 1 fully saturated rings. The van der Waals surface area contributed by atoms with Gasteiger partial charge in [0.25, 0.3) is 0 Å². The van der Waals surface area contributed by atoms with Gasteiger partial charge in [0.1, 0.15) is 5.82 Å².